The predicted octanol–water partition coefficient (Wildman–Crippen LogP) is 2.81. The summed E-state index contributed by atoms with van der Waals surface area (Å²) in [5, 5.41) is 0. The molecule has 0 bridgehead atoms. The molecule has 3 aromatic rings. The molecule has 0 fully saturated rings. The van der Waals surface area contributed by atoms with Gasteiger partial charge in [0.15, 0.2) is 5.82 Å². The minimum absolute atomic E-state index is 0.0471. The summed E-state index contributed by atoms with van der Waals surface area (Å²) in [6, 6.07) is 2.34. The van der Waals surface area contributed by atoms with E-state index in [1.807, 2.05) is 25.3 Å². The zero-order valence-corrected chi connectivity index (χ0v) is 18.4. The predicted molar refractivity (Wildman–Crippen MR) is 113 cm³/mol. The molecule has 0 unspecified atom stereocenters. The molecule has 2 aromatic heterocycles. The van der Waals surface area contributed by atoms with E-state index < -0.39 is 26.6 Å². The lowest BCUT2D eigenvalue weighted by Crippen LogP contribution is -2.26. The van der Waals surface area contributed by atoms with Crippen LogP contribution in [0.5, 0.6) is 0 Å². The number of nitrogens with zero attached hydrogens (tertiary/aromatic N) is 3. The van der Waals surface area contributed by atoms with Gasteiger partial charge in [-0.15, -0.1) is 0 Å². The molecule has 11 heteroatoms. The maximum atomic E-state index is 13.8. The number of aromatic nitrogens is 3. The van der Waals surface area contributed by atoms with E-state index in [1.165, 1.54) is 0 Å². The second-order valence-electron chi connectivity index (χ2n) is 7.05. The average Bonchev–Trinajstić information content (AvgIpc) is 3.06. The fraction of sp³-hybridized carbons (Fsp3) is 0.400. The third-order valence-electron chi connectivity index (χ3n) is 4.94. The number of hydrogen-bond donors (Lipinski definition) is 2. The summed E-state index contributed by atoms with van der Waals surface area (Å²) < 4.78 is 61.4. The maximum Gasteiger partial charge on any atom is 0.243 e. The molecule has 2 heterocycles. The summed E-state index contributed by atoms with van der Waals surface area (Å²) in [5.41, 5.74) is 9.16. The highest BCUT2D eigenvalue weighted by Crippen LogP contribution is 2.26. The smallest absolute Gasteiger partial charge is 0.243 e. The highest BCUT2D eigenvalue weighted by Gasteiger charge is 2.20. The fourth-order valence-corrected chi connectivity index (χ4v) is 4.44. The van der Waals surface area contributed by atoms with Crippen LogP contribution in [0.4, 0.5) is 14.6 Å². The highest BCUT2D eigenvalue weighted by atomic mass is 32.2. The number of rotatable bonds is 9. The van der Waals surface area contributed by atoms with E-state index in [9.17, 15) is 17.2 Å². The van der Waals surface area contributed by atoms with Gasteiger partial charge in [-0.25, -0.2) is 31.9 Å². The topological polar surface area (TPSA) is 112 Å². The van der Waals surface area contributed by atoms with Crippen LogP contribution in [-0.4, -0.2) is 36.1 Å². The van der Waals surface area contributed by atoms with Gasteiger partial charge in [0, 0.05) is 31.5 Å². The summed E-state index contributed by atoms with van der Waals surface area (Å²) in [5.74, 6) is -1.00. The summed E-state index contributed by atoms with van der Waals surface area (Å²) in [7, 11) is -4.11. The number of nitrogen functional groups attached to an aromatic ring is 1. The molecule has 31 heavy (non-hydrogen) atoms. The van der Waals surface area contributed by atoms with E-state index in [1.54, 1.807) is 0 Å². The van der Waals surface area contributed by atoms with Crippen LogP contribution in [0.25, 0.3) is 11.0 Å². The first-order valence-corrected chi connectivity index (χ1v) is 11.3. The Balaban J connectivity index is 1.80. The molecule has 0 spiro atoms. The normalized spacial score (nSPS) is 12.0. The molecular weight excluding hydrogens is 428 g/mol. The van der Waals surface area contributed by atoms with Crippen LogP contribution < -0.4 is 10.5 Å². The Kier molecular flexibility index (Phi) is 6.87. The van der Waals surface area contributed by atoms with Crippen molar-refractivity contribution in [3.05, 3.63) is 46.9 Å². The Hall–Kier alpha value is -2.63. The number of ether oxygens (including phenoxy) is 1. The van der Waals surface area contributed by atoms with Gasteiger partial charge in [-0.1, -0.05) is 0 Å². The number of fused-ring (bicyclic) bond motifs is 1. The number of imidazole rings is 1. The molecular formula is C20H25F2N5O3S. The van der Waals surface area contributed by atoms with Gasteiger partial charge in [0.1, 0.15) is 34.5 Å². The molecule has 168 valence electrons. The van der Waals surface area contributed by atoms with Crippen LogP contribution in [0.3, 0.4) is 0 Å². The van der Waals surface area contributed by atoms with Gasteiger partial charge in [0.25, 0.3) is 0 Å². The molecule has 0 aliphatic rings. The van der Waals surface area contributed by atoms with Crippen molar-refractivity contribution in [3.63, 3.8) is 0 Å². The first-order chi connectivity index (χ1) is 14.7. The van der Waals surface area contributed by atoms with Crippen molar-refractivity contribution in [2.45, 2.75) is 45.2 Å². The number of nitrogens with two attached hydrogens (primary N) is 1. The Bertz CT molecular complexity index is 1210. The summed E-state index contributed by atoms with van der Waals surface area (Å²) in [4.78, 5) is 8.30. The number of pyridine rings is 1. The zero-order valence-electron chi connectivity index (χ0n) is 17.6. The Morgan fingerprint density at radius 2 is 1.97 bits per heavy atom. The summed E-state index contributed by atoms with van der Waals surface area (Å²) >= 11 is 0. The largest absolute Gasteiger partial charge is 0.382 e. The Labute approximate surface area is 179 Å². The van der Waals surface area contributed by atoms with Gasteiger partial charge in [0.2, 0.25) is 10.0 Å². The number of nitrogens with one attached hydrogen (secondary N) is 1. The van der Waals surface area contributed by atoms with Gasteiger partial charge < -0.3 is 15.0 Å². The van der Waals surface area contributed by atoms with Crippen molar-refractivity contribution >= 4 is 26.9 Å². The standard InChI is InChI=1S/C20H25F2N5O3S/c1-4-30-11-17-26-18-19(12(2)13(3)25-20(18)23)27(17)9-5-8-24-31(28,29)16-7-6-14(21)10-15(16)22/h6-7,10,24H,4-5,8-9,11H2,1-3H3,(H2,23,25). The average molecular weight is 454 g/mol. The Morgan fingerprint density at radius 3 is 2.65 bits per heavy atom. The molecule has 3 rings (SSSR count). The van der Waals surface area contributed by atoms with E-state index in [2.05, 4.69) is 14.7 Å². The van der Waals surface area contributed by atoms with E-state index in [4.69, 9.17) is 10.5 Å². The number of aryl methyl sites for hydroxylation is 3. The zero-order chi connectivity index (χ0) is 22.8. The van der Waals surface area contributed by atoms with Crippen LogP contribution in [-0.2, 0) is 27.9 Å². The van der Waals surface area contributed by atoms with Crippen molar-refractivity contribution in [1.82, 2.24) is 19.3 Å². The van der Waals surface area contributed by atoms with E-state index >= 15 is 0 Å². The highest BCUT2D eigenvalue weighted by molar-refractivity contribution is 7.89. The van der Waals surface area contributed by atoms with E-state index in [0.29, 0.717) is 42.8 Å². The van der Waals surface area contributed by atoms with Crippen molar-refractivity contribution in [1.29, 1.82) is 0 Å². The molecule has 0 aliphatic carbocycles. The van der Waals surface area contributed by atoms with E-state index in [0.717, 1.165) is 28.9 Å². The van der Waals surface area contributed by atoms with Gasteiger partial charge in [-0.05, 0) is 44.9 Å². The number of halogens is 2. The van der Waals surface area contributed by atoms with Gasteiger partial charge in [-0.3, -0.25) is 0 Å². The lowest BCUT2D eigenvalue weighted by molar-refractivity contribution is 0.126. The Morgan fingerprint density at radius 1 is 1.23 bits per heavy atom. The molecule has 0 amide bonds. The van der Waals surface area contributed by atoms with E-state index in [-0.39, 0.29) is 13.2 Å². The molecule has 0 saturated carbocycles. The minimum Gasteiger partial charge on any atom is -0.382 e. The quantitative estimate of drug-likeness (QED) is 0.482. The van der Waals surface area contributed by atoms with Crippen LogP contribution in [0.15, 0.2) is 23.1 Å². The SMILES string of the molecule is CCOCc1nc2c(N)nc(C)c(C)c2n1CCCNS(=O)(=O)c1ccc(F)cc1F. The number of hydrogen-bond acceptors (Lipinski definition) is 6. The summed E-state index contributed by atoms with van der Waals surface area (Å²) in [6.45, 7) is 6.92. The summed E-state index contributed by atoms with van der Waals surface area (Å²) in [6.07, 6.45) is 0.396. The molecule has 0 saturated heterocycles. The second kappa shape index (κ2) is 9.25. The molecule has 0 atom stereocenters. The third-order valence-corrected chi connectivity index (χ3v) is 6.44. The van der Waals surface area contributed by atoms with Crippen molar-refractivity contribution in [2.24, 2.45) is 0 Å². The number of benzene rings is 1. The van der Waals surface area contributed by atoms with Gasteiger partial charge in [-0.2, -0.15) is 0 Å². The maximum absolute atomic E-state index is 13.8. The molecule has 8 nitrogen and oxygen atoms in total. The van der Waals surface area contributed by atoms with Crippen molar-refractivity contribution < 1.29 is 21.9 Å². The fourth-order valence-electron chi connectivity index (χ4n) is 3.31. The first kappa shape index (κ1) is 23.0. The molecule has 1 aromatic carbocycles. The third kappa shape index (κ3) is 4.83. The van der Waals surface area contributed by atoms with Gasteiger partial charge >= 0.3 is 0 Å². The second-order valence-corrected chi connectivity index (χ2v) is 8.78. The molecule has 0 radical (unpaired) electrons. The lowest BCUT2D eigenvalue weighted by Gasteiger charge is -2.13. The first-order valence-electron chi connectivity index (χ1n) is 9.80. The number of anilines is 1. The minimum atomic E-state index is -4.11. The van der Waals surface area contributed by atoms with Crippen LogP contribution in [0.2, 0.25) is 0 Å². The van der Waals surface area contributed by atoms with Gasteiger partial charge in [0.05, 0.1) is 5.52 Å². The van der Waals surface area contributed by atoms with Crippen molar-refractivity contribution in [2.75, 3.05) is 18.9 Å². The monoisotopic (exact) mass is 453 g/mol. The molecule has 0 aliphatic heterocycles. The van der Waals surface area contributed by atoms with Crippen LogP contribution >= 0.6 is 0 Å². The van der Waals surface area contributed by atoms with Crippen LogP contribution in [0.1, 0.15) is 30.4 Å². The number of sulfonamides is 1. The van der Waals surface area contributed by atoms with Crippen molar-refractivity contribution in [3.8, 4) is 0 Å². The molecule has 3 N–H and O–H groups in total. The van der Waals surface area contributed by atoms with Crippen LogP contribution in [0, 0.1) is 25.5 Å². The lowest BCUT2D eigenvalue weighted by atomic mass is 10.2.